The average Bonchev–Trinajstić information content (AvgIpc) is 2.55. The van der Waals surface area contributed by atoms with Crippen molar-refractivity contribution in [1.29, 1.82) is 0 Å². The zero-order valence-electron chi connectivity index (χ0n) is 14.4. The predicted molar refractivity (Wildman–Crippen MR) is 106 cm³/mol. The number of carbonyl (C=O) groups excluding carboxylic acids is 1. The van der Waals surface area contributed by atoms with Crippen molar-refractivity contribution < 1.29 is 9.53 Å². The molecule has 0 spiro atoms. The number of nitrogens with one attached hydrogen (secondary N) is 1. The number of amides is 1. The summed E-state index contributed by atoms with van der Waals surface area (Å²) in [5.74, 6) is 1.60. The number of halogens is 1. The van der Waals surface area contributed by atoms with Crippen LogP contribution >= 0.6 is 27.7 Å². The van der Waals surface area contributed by atoms with E-state index in [-0.39, 0.29) is 11.2 Å². The molecule has 0 aliphatic heterocycles. The summed E-state index contributed by atoms with van der Waals surface area (Å²) in [6, 6.07) is 12.0. The topological polar surface area (TPSA) is 38.3 Å². The van der Waals surface area contributed by atoms with E-state index in [4.69, 9.17) is 4.74 Å². The molecule has 2 rings (SSSR count). The van der Waals surface area contributed by atoms with Crippen LogP contribution in [0.4, 0.5) is 5.69 Å². The zero-order valence-corrected chi connectivity index (χ0v) is 16.8. The molecular formula is C19H22BrNO2S. The van der Waals surface area contributed by atoms with Gasteiger partial charge in [0.1, 0.15) is 5.75 Å². The summed E-state index contributed by atoms with van der Waals surface area (Å²) >= 11 is 5.10. The first-order valence-corrected chi connectivity index (χ1v) is 9.57. The Bertz CT molecular complexity index is 733. The lowest BCUT2D eigenvalue weighted by molar-refractivity contribution is -0.115. The highest BCUT2D eigenvalue weighted by atomic mass is 79.9. The van der Waals surface area contributed by atoms with Gasteiger partial charge < -0.3 is 10.1 Å². The van der Waals surface area contributed by atoms with Crippen molar-refractivity contribution in [2.24, 2.45) is 0 Å². The Morgan fingerprint density at radius 3 is 2.62 bits per heavy atom. The van der Waals surface area contributed by atoms with E-state index in [1.54, 1.807) is 18.9 Å². The molecule has 1 unspecified atom stereocenters. The van der Waals surface area contributed by atoms with Gasteiger partial charge in [0.25, 0.3) is 0 Å². The van der Waals surface area contributed by atoms with Crippen LogP contribution in [0.25, 0.3) is 0 Å². The van der Waals surface area contributed by atoms with E-state index >= 15 is 0 Å². The van der Waals surface area contributed by atoms with Gasteiger partial charge in [-0.2, -0.15) is 0 Å². The Labute approximate surface area is 156 Å². The molecule has 0 fully saturated rings. The van der Waals surface area contributed by atoms with Crippen molar-refractivity contribution in [3.63, 3.8) is 0 Å². The van der Waals surface area contributed by atoms with Gasteiger partial charge in [-0.3, -0.25) is 4.79 Å². The Morgan fingerprint density at radius 1 is 1.25 bits per heavy atom. The Kier molecular flexibility index (Phi) is 6.75. The molecule has 1 N–H and O–H groups in total. The zero-order chi connectivity index (χ0) is 17.7. The molecule has 128 valence electrons. The Morgan fingerprint density at radius 2 is 2.00 bits per heavy atom. The molecule has 24 heavy (non-hydrogen) atoms. The maximum Gasteiger partial charge on any atom is 0.237 e. The molecule has 0 saturated carbocycles. The molecule has 3 nitrogen and oxygen atoms in total. The molecule has 0 aliphatic rings. The molecule has 0 heterocycles. The van der Waals surface area contributed by atoms with Crippen molar-refractivity contribution in [3.05, 3.63) is 57.6 Å². The standard InChI is InChI=1S/C19H22BrNO2S/c1-12-5-7-17(13(2)9-12)21-19(22)14(3)24-11-15-6-8-18(23-4)16(20)10-15/h5-10,14H,11H2,1-4H3,(H,21,22). The van der Waals surface area contributed by atoms with Gasteiger partial charge in [0.2, 0.25) is 5.91 Å². The minimum Gasteiger partial charge on any atom is -0.496 e. The number of anilines is 1. The number of carbonyl (C=O) groups is 1. The van der Waals surface area contributed by atoms with Gasteiger partial charge in [-0.25, -0.2) is 0 Å². The number of rotatable bonds is 6. The second-order valence-electron chi connectivity index (χ2n) is 5.73. The van der Waals surface area contributed by atoms with E-state index in [1.165, 1.54) is 5.56 Å². The summed E-state index contributed by atoms with van der Waals surface area (Å²) in [6.45, 7) is 5.99. The molecular weight excluding hydrogens is 386 g/mol. The van der Waals surface area contributed by atoms with Gasteiger partial charge in [0.05, 0.1) is 16.8 Å². The highest BCUT2D eigenvalue weighted by Gasteiger charge is 2.15. The molecule has 5 heteroatoms. The monoisotopic (exact) mass is 407 g/mol. The van der Waals surface area contributed by atoms with Gasteiger partial charge in [0.15, 0.2) is 0 Å². The molecule has 0 aromatic heterocycles. The quantitative estimate of drug-likeness (QED) is 0.702. The fraction of sp³-hybridized carbons (Fsp3) is 0.316. The van der Waals surface area contributed by atoms with Gasteiger partial charge in [-0.1, -0.05) is 23.8 Å². The van der Waals surface area contributed by atoms with Gasteiger partial charge in [0, 0.05) is 11.4 Å². The average molecular weight is 408 g/mol. The maximum atomic E-state index is 12.4. The van der Waals surface area contributed by atoms with Crippen LogP contribution in [0.15, 0.2) is 40.9 Å². The van der Waals surface area contributed by atoms with Gasteiger partial charge in [-0.05, 0) is 66.0 Å². The van der Waals surface area contributed by atoms with Crippen molar-refractivity contribution in [2.75, 3.05) is 12.4 Å². The van der Waals surface area contributed by atoms with Crippen LogP contribution in [0.3, 0.4) is 0 Å². The van der Waals surface area contributed by atoms with Crippen LogP contribution in [-0.2, 0) is 10.5 Å². The smallest absolute Gasteiger partial charge is 0.237 e. The summed E-state index contributed by atoms with van der Waals surface area (Å²) in [5.41, 5.74) is 4.31. The SMILES string of the molecule is COc1ccc(CSC(C)C(=O)Nc2ccc(C)cc2C)cc1Br. The van der Waals surface area contributed by atoms with Crippen LogP contribution in [0, 0.1) is 13.8 Å². The summed E-state index contributed by atoms with van der Waals surface area (Å²) in [4.78, 5) is 12.4. The Hall–Kier alpha value is -1.46. The predicted octanol–water partition coefficient (Wildman–Crippen LogP) is 5.33. The third-order valence-corrected chi connectivity index (χ3v) is 5.56. The third kappa shape index (κ3) is 5.02. The molecule has 0 radical (unpaired) electrons. The lowest BCUT2D eigenvalue weighted by Gasteiger charge is -2.14. The summed E-state index contributed by atoms with van der Waals surface area (Å²) in [6.07, 6.45) is 0. The minimum atomic E-state index is -0.133. The summed E-state index contributed by atoms with van der Waals surface area (Å²) in [5, 5.41) is 2.88. The largest absolute Gasteiger partial charge is 0.496 e. The van der Waals surface area contributed by atoms with Crippen LogP contribution < -0.4 is 10.1 Å². The van der Waals surface area contributed by atoms with E-state index in [0.717, 1.165) is 32.8 Å². The molecule has 0 aliphatic carbocycles. The highest BCUT2D eigenvalue weighted by Crippen LogP contribution is 2.28. The third-order valence-electron chi connectivity index (χ3n) is 3.73. The van der Waals surface area contributed by atoms with Crippen molar-refractivity contribution in [3.8, 4) is 5.75 Å². The number of hydrogen-bond acceptors (Lipinski definition) is 3. The number of methoxy groups -OCH3 is 1. The van der Waals surface area contributed by atoms with Crippen LogP contribution in [-0.4, -0.2) is 18.3 Å². The lowest BCUT2D eigenvalue weighted by atomic mass is 10.1. The fourth-order valence-electron chi connectivity index (χ4n) is 2.28. The van der Waals surface area contributed by atoms with Gasteiger partial charge >= 0.3 is 0 Å². The van der Waals surface area contributed by atoms with Crippen LogP contribution in [0.2, 0.25) is 0 Å². The first kappa shape index (κ1) is 18.9. The van der Waals surface area contributed by atoms with Crippen LogP contribution in [0.5, 0.6) is 5.75 Å². The molecule has 0 bridgehead atoms. The molecule has 1 amide bonds. The minimum absolute atomic E-state index is 0.0273. The molecule has 2 aromatic rings. The van der Waals surface area contributed by atoms with E-state index in [0.29, 0.717) is 0 Å². The number of aryl methyl sites for hydroxylation is 2. The second-order valence-corrected chi connectivity index (χ2v) is 7.91. The van der Waals surface area contributed by atoms with E-state index in [9.17, 15) is 4.79 Å². The molecule has 1 atom stereocenters. The van der Waals surface area contributed by atoms with Crippen LogP contribution in [0.1, 0.15) is 23.6 Å². The first-order chi connectivity index (χ1) is 11.4. The Balaban J connectivity index is 1.93. The number of hydrogen-bond donors (Lipinski definition) is 1. The highest BCUT2D eigenvalue weighted by molar-refractivity contribution is 9.10. The molecule has 2 aromatic carbocycles. The lowest BCUT2D eigenvalue weighted by Crippen LogP contribution is -2.23. The van der Waals surface area contributed by atoms with E-state index < -0.39 is 0 Å². The van der Waals surface area contributed by atoms with Gasteiger partial charge in [-0.15, -0.1) is 11.8 Å². The van der Waals surface area contributed by atoms with E-state index in [1.807, 2.05) is 51.1 Å². The number of benzene rings is 2. The number of ether oxygens (including phenoxy) is 1. The van der Waals surface area contributed by atoms with Crippen molar-refractivity contribution in [1.82, 2.24) is 0 Å². The first-order valence-electron chi connectivity index (χ1n) is 7.73. The molecule has 0 saturated heterocycles. The fourth-order valence-corrected chi connectivity index (χ4v) is 3.71. The maximum absolute atomic E-state index is 12.4. The van der Waals surface area contributed by atoms with Crippen molar-refractivity contribution in [2.45, 2.75) is 31.8 Å². The summed E-state index contributed by atoms with van der Waals surface area (Å²) in [7, 11) is 1.65. The second kappa shape index (κ2) is 8.58. The van der Waals surface area contributed by atoms with E-state index in [2.05, 4.69) is 27.3 Å². The summed E-state index contributed by atoms with van der Waals surface area (Å²) < 4.78 is 6.16. The normalized spacial score (nSPS) is 11.9. The van der Waals surface area contributed by atoms with Crippen molar-refractivity contribution >= 4 is 39.3 Å². The number of thioether (sulfide) groups is 1.